The summed E-state index contributed by atoms with van der Waals surface area (Å²) in [5.74, 6) is -1.62. The van der Waals surface area contributed by atoms with Crippen LogP contribution in [0.15, 0.2) is 24.3 Å². The van der Waals surface area contributed by atoms with Crippen LogP contribution in [0.5, 0.6) is 0 Å². The van der Waals surface area contributed by atoms with E-state index < -0.39 is 17.5 Å². The van der Waals surface area contributed by atoms with Gasteiger partial charge in [-0.15, -0.1) is 0 Å². The fraction of sp³-hybridized carbons (Fsp3) is 0.500. The van der Waals surface area contributed by atoms with Crippen molar-refractivity contribution >= 4 is 11.9 Å². The highest BCUT2D eigenvalue weighted by atomic mass is 16.6. The number of benzene rings is 1. The monoisotopic (exact) mass is 276 g/mol. The molecule has 0 aromatic heterocycles. The van der Waals surface area contributed by atoms with Gasteiger partial charge in [-0.3, -0.25) is 0 Å². The lowest BCUT2D eigenvalue weighted by Crippen LogP contribution is -2.32. The van der Waals surface area contributed by atoms with Crippen molar-refractivity contribution in [3.8, 4) is 0 Å². The molecule has 20 heavy (non-hydrogen) atoms. The predicted molar refractivity (Wildman–Crippen MR) is 74.9 cm³/mol. The molecule has 0 amide bonds. The summed E-state index contributed by atoms with van der Waals surface area (Å²) in [6.45, 7) is 2.07. The Kier molecular flexibility index (Phi) is 4.42. The number of aromatic carboxylic acids is 1. The van der Waals surface area contributed by atoms with E-state index >= 15 is 0 Å². The molecule has 0 heterocycles. The number of carboxylic acid groups (broad SMARTS) is 1. The van der Waals surface area contributed by atoms with Crippen molar-refractivity contribution in [3.63, 3.8) is 0 Å². The van der Waals surface area contributed by atoms with Crippen LogP contribution in [0, 0.1) is 0 Å². The van der Waals surface area contributed by atoms with Crippen LogP contribution in [0.2, 0.25) is 0 Å². The fourth-order valence-electron chi connectivity index (χ4n) is 2.98. The third-order valence-electron chi connectivity index (χ3n) is 3.91. The smallest absolute Gasteiger partial charge is 0.339 e. The molecule has 1 fully saturated rings. The minimum absolute atomic E-state index is 0.00199. The molecule has 108 valence electrons. The van der Waals surface area contributed by atoms with E-state index in [0.29, 0.717) is 0 Å². The van der Waals surface area contributed by atoms with Gasteiger partial charge in [0.15, 0.2) is 0 Å². The number of hydrogen-bond donors (Lipinski definition) is 1. The normalized spacial score (nSPS) is 16.9. The molecule has 1 aromatic rings. The quantitative estimate of drug-likeness (QED) is 0.834. The van der Waals surface area contributed by atoms with Crippen molar-refractivity contribution in [1.29, 1.82) is 0 Å². The average Bonchev–Trinajstić information content (AvgIpc) is 2.87. The molecule has 1 aliphatic carbocycles. The summed E-state index contributed by atoms with van der Waals surface area (Å²) >= 11 is 0. The number of ether oxygens (including phenoxy) is 1. The Hall–Kier alpha value is -1.84. The second-order valence-corrected chi connectivity index (χ2v) is 5.38. The SMILES string of the molecule is CCCC1(OC(=O)c2ccccc2C(=O)O)CCCC1. The first-order chi connectivity index (χ1) is 9.58. The minimum atomic E-state index is -1.10. The molecule has 0 atom stereocenters. The molecule has 4 nitrogen and oxygen atoms in total. The molecule has 0 radical (unpaired) electrons. The van der Waals surface area contributed by atoms with Gasteiger partial charge < -0.3 is 9.84 Å². The van der Waals surface area contributed by atoms with Gasteiger partial charge in [-0.1, -0.05) is 25.5 Å². The average molecular weight is 276 g/mol. The van der Waals surface area contributed by atoms with Gasteiger partial charge >= 0.3 is 11.9 Å². The number of carboxylic acids is 1. The third kappa shape index (κ3) is 3.00. The lowest BCUT2D eigenvalue weighted by Gasteiger charge is -2.29. The van der Waals surface area contributed by atoms with Gasteiger partial charge in [-0.05, 0) is 44.2 Å². The number of carbonyl (C=O) groups is 2. The van der Waals surface area contributed by atoms with Crippen molar-refractivity contribution in [1.82, 2.24) is 0 Å². The van der Waals surface area contributed by atoms with E-state index in [9.17, 15) is 9.59 Å². The van der Waals surface area contributed by atoms with Crippen LogP contribution in [-0.4, -0.2) is 22.6 Å². The molecule has 1 aromatic carbocycles. The molecular weight excluding hydrogens is 256 g/mol. The summed E-state index contributed by atoms with van der Waals surface area (Å²) in [5.41, 5.74) is -0.248. The van der Waals surface area contributed by atoms with Gasteiger partial charge in [-0.25, -0.2) is 9.59 Å². The van der Waals surface area contributed by atoms with Gasteiger partial charge in [0, 0.05) is 0 Å². The summed E-state index contributed by atoms with van der Waals surface area (Å²) in [4.78, 5) is 23.5. The highest BCUT2D eigenvalue weighted by Gasteiger charge is 2.37. The Morgan fingerprint density at radius 1 is 1.20 bits per heavy atom. The maximum atomic E-state index is 12.3. The third-order valence-corrected chi connectivity index (χ3v) is 3.91. The molecule has 1 aliphatic rings. The molecule has 0 spiro atoms. The standard InChI is InChI=1S/C16H20O4/c1-2-9-16(10-5-6-11-16)20-15(19)13-8-4-3-7-12(13)14(17)18/h3-4,7-8H,2,5-6,9-11H2,1H3,(H,17,18). The van der Waals surface area contributed by atoms with E-state index in [0.717, 1.165) is 38.5 Å². The van der Waals surface area contributed by atoms with Crippen LogP contribution in [0.4, 0.5) is 0 Å². The molecule has 2 rings (SSSR count). The van der Waals surface area contributed by atoms with Crippen LogP contribution in [0.25, 0.3) is 0 Å². The highest BCUT2D eigenvalue weighted by Crippen LogP contribution is 2.37. The summed E-state index contributed by atoms with van der Waals surface area (Å²) in [6.07, 6.45) is 5.67. The van der Waals surface area contributed by atoms with E-state index in [1.54, 1.807) is 12.1 Å². The molecular formula is C16H20O4. The maximum Gasteiger partial charge on any atom is 0.339 e. The number of rotatable bonds is 5. The summed E-state index contributed by atoms with van der Waals surface area (Å²) < 4.78 is 5.71. The van der Waals surface area contributed by atoms with E-state index in [4.69, 9.17) is 9.84 Å². The molecule has 1 N–H and O–H groups in total. The van der Waals surface area contributed by atoms with Gasteiger partial charge in [0.25, 0.3) is 0 Å². The minimum Gasteiger partial charge on any atom is -0.478 e. The van der Waals surface area contributed by atoms with Crippen LogP contribution in [0.3, 0.4) is 0 Å². The summed E-state index contributed by atoms with van der Waals surface area (Å²) in [7, 11) is 0. The van der Waals surface area contributed by atoms with E-state index in [-0.39, 0.29) is 11.1 Å². The Morgan fingerprint density at radius 2 is 1.80 bits per heavy atom. The molecule has 0 bridgehead atoms. The lowest BCUT2D eigenvalue weighted by molar-refractivity contribution is -0.0200. The second kappa shape index (κ2) is 6.07. The van der Waals surface area contributed by atoms with Crippen molar-refractivity contribution in [2.24, 2.45) is 0 Å². The maximum absolute atomic E-state index is 12.3. The zero-order chi connectivity index (χ0) is 14.6. The van der Waals surface area contributed by atoms with Crippen molar-refractivity contribution in [2.75, 3.05) is 0 Å². The number of esters is 1. The largest absolute Gasteiger partial charge is 0.478 e. The number of hydrogen-bond acceptors (Lipinski definition) is 3. The molecule has 1 saturated carbocycles. The Balaban J connectivity index is 2.21. The first kappa shape index (κ1) is 14.6. The highest BCUT2D eigenvalue weighted by molar-refractivity contribution is 6.02. The first-order valence-electron chi connectivity index (χ1n) is 7.14. The Morgan fingerprint density at radius 3 is 2.35 bits per heavy atom. The molecule has 4 heteroatoms. The Labute approximate surface area is 118 Å². The van der Waals surface area contributed by atoms with Gasteiger partial charge in [0.2, 0.25) is 0 Å². The van der Waals surface area contributed by atoms with E-state index in [2.05, 4.69) is 6.92 Å². The van der Waals surface area contributed by atoms with Gasteiger partial charge in [0.05, 0.1) is 11.1 Å². The first-order valence-corrected chi connectivity index (χ1v) is 7.14. The van der Waals surface area contributed by atoms with E-state index in [1.165, 1.54) is 12.1 Å². The summed E-state index contributed by atoms with van der Waals surface area (Å²) in [5, 5.41) is 9.14. The predicted octanol–water partition coefficient (Wildman–Crippen LogP) is 3.65. The van der Waals surface area contributed by atoms with Crippen LogP contribution < -0.4 is 0 Å². The van der Waals surface area contributed by atoms with Gasteiger partial charge in [-0.2, -0.15) is 0 Å². The zero-order valence-electron chi connectivity index (χ0n) is 11.7. The zero-order valence-corrected chi connectivity index (χ0v) is 11.7. The molecule has 0 aliphatic heterocycles. The summed E-state index contributed by atoms with van der Waals surface area (Å²) in [6, 6.07) is 6.21. The second-order valence-electron chi connectivity index (χ2n) is 5.38. The molecule has 0 saturated heterocycles. The van der Waals surface area contributed by atoms with Gasteiger partial charge in [0.1, 0.15) is 5.60 Å². The lowest BCUT2D eigenvalue weighted by atomic mass is 9.95. The fourth-order valence-corrected chi connectivity index (χ4v) is 2.98. The van der Waals surface area contributed by atoms with E-state index in [1.807, 2.05) is 0 Å². The van der Waals surface area contributed by atoms with Crippen molar-refractivity contribution in [2.45, 2.75) is 51.0 Å². The van der Waals surface area contributed by atoms with Crippen molar-refractivity contribution < 1.29 is 19.4 Å². The topological polar surface area (TPSA) is 63.6 Å². The van der Waals surface area contributed by atoms with Crippen molar-refractivity contribution in [3.05, 3.63) is 35.4 Å². The van der Waals surface area contributed by atoms with Crippen LogP contribution in [0.1, 0.15) is 66.2 Å². The van der Waals surface area contributed by atoms with Crippen LogP contribution >= 0.6 is 0 Å². The Bertz CT molecular complexity index is 501. The number of carbonyl (C=O) groups excluding carboxylic acids is 1. The molecule has 0 unspecified atom stereocenters. The van der Waals surface area contributed by atoms with Crippen LogP contribution in [-0.2, 0) is 4.74 Å².